The van der Waals surface area contributed by atoms with E-state index in [9.17, 15) is 14.4 Å². The van der Waals surface area contributed by atoms with Crippen LogP contribution in [0.4, 0.5) is 4.79 Å². The highest BCUT2D eigenvalue weighted by molar-refractivity contribution is 7.10. The summed E-state index contributed by atoms with van der Waals surface area (Å²) in [6, 6.07) is 1.42. The molecule has 0 aliphatic carbocycles. The third kappa shape index (κ3) is 4.23. The molecule has 0 aliphatic heterocycles. The SMILES string of the molecule is CC(c1cccs1)N(C)C(=O)N[C@@H](CC(=O)O)C(=O)O. The zero-order valence-electron chi connectivity index (χ0n) is 11.1. The van der Waals surface area contributed by atoms with Gasteiger partial charge in [-0.3, -0.25) is 4.79 Å². The molecule has 0 fully saturated rings. The maximum Gasteiger partial charge on any atom is 0.326 e. The summed E-state index contributed by atoms with van der Waals surface area (Å²) >= 11 is 1.48. The molecular weight excluding hydrogens is 284 g/mol. The van der Waals surface area contributed by atoms with Crippen molar-refractivity contribution in [1.82, 2.24) is 10.2 Å². The van der Waals surface area contributed by atoms with Crippen LogP contribution in [0.25, 0.3) is 0 Å². The highest BCUT2D eigenvalue weighted by Crippen LogP contribution is 2.23. The van der Waals surface area contributed by atoms with Crippen LogP contribution in [0.3, 0.4) is 0 Å². The number of rotatable bonds is 6. The highest BCUT2D eigenvalue weighted by Gasteiger charge is 2.26. The van der Waals surface area contributed by atoms with Gasteiger partial charge in [-0.25, -0.2) is 9.59 Å². The molecule has 2 atom stereocenters. The van der Waals surface area contributed by atoms with Crippen molar-refractivity contribution < 1.29 is 24.6 Å². The third-order valence-electron chi connectivity index (χ3n) is 2.83. The normalized spacial score (nSPS) is 13.3. The van der Waals surface area contributed by atoms with Crippen LogP contribution in [0.2, 0.25) is 0 Å². The second kappa shape index (κ2) is 6.90. The Morgan fingerprint density at radius 1 is 1.40 bits per heavy atom. The Kier molecular flexibility index (Phi) is 5.51. The summed E-state index contributed by atoms with van der Waals surface area (Å²) in [6.07, 6.45) is -0.664. The number of urea groups is 1. The van der Waals surface area contributed by atoms with Gasteiger partial charge in [0, 0.05) is 11.9 Å². The zero-order valence-corrected chi connectivity index (χ0v) is 11.9. The summed E-state index contributed by atoms with van der Waals surface area (Å²) < 4.78 is 0. The molecular formula is C12H16N2O5S. The molecule has 1 rings (SSSR count). The smallest absolute Gasteiger partial charge is 0.326 e. The molecule has 2 amide bonds. The molecule has 110 valence electrons. The molecule has 7 nitrogen and oxygen atoms in total. The predicted molar refractivity (Wildman–Crippen MR) is 72.7 cm³/mol. The van der Waals surface area contributed by atoms with Crippen LogP contribution < -0.4 is 5.32 Å². The number of nitrogens with one attached hydrogen (secondary N) is 1. The first-order chi connectivity index (χ1) is 9.32. The molecule has 8 heteroatoms. The topological polar surface area (TPSA) is 107 Å². The number of carbonyl (C=O) groups excluding carboxylic acids is 1. The maximum absolute atomic E-state index is 11.9. The summed E-state index contributed by atoms with van der Waals surface area (Å²) in [5.41, 5.74) is 0. The Morgan fingerprint density at radius 2 is 2.05 bits per heavy atom. The van der Waals surface area contributed by atoms with Crippen LogP contribution in [-0.2, 0) is 9.59 Å². The summed E-state index contributed by atoms with van der Waals surface area (Å²) in [5.74, 6) is -2.66. The summed E-state index contributed by atoms with van der Waals surface area (Å²) in [4.78, 5) is 35.7. The molecule has 0 bridgehead atoms. The van der Waals surface area contributed by atoms with Gasteiger partial charge in [-0.2, -0.15) is 0 Å². The third-order valence-corrected chi connectivity index (χ3v) is 3.87. The van der Waals surface area contributed by atoms with Gasteiger partial charge in [0.2, 0.25) is 0 Å². The Labute approximate surface area is 119 Å². The molecule has 0 spiro atoms. The van der Waals surface area contributed by atoms with Gasteiger partial charge in [-0.05, 0) is 18.4 Å². The first kappa shape index (κ1) is 16.0. The number of amides is 2. The number of carbonyl (C=O) groups is 3. The van der Waals surface area contributed by atoms with Crippen LogP contribution in [0.5, 0.6) is 0 Å². The largest absolute Gasteiger partial charge is 0.481 e. The van der Waals surface area contributed by atoms with Crippen molar-refractivity contribution in [3.8, 4) is 0 Å². The molecule has 0 aromatic carbocycles. The second-order valence-electron chi connectivity index (χ2n) is 4.24. The van der Waals surface area contributed by atoms with E-state index in [-0.39, 0.29) is 6.04 Å². The minimum Gasteiger partial charge on any atom is -0.481 e. The molecule has 1 aromatic heterocycles. The number of carboxylic acid groups (broad SMARTS) is 2. The van der Waals surface area contributed by atoms with Gasteiger partial charge < -0.3 is 20.4 Å². The molecule has 20 heavy (non-hydrogen) atoms. The summed E-state index contributed by atoms with van der Waals surface area (Å²) in [6.45, 7) is 1.80. The average molecular weight is 300 g/mol. The lowest BCUT2D eigenvalue weighted by Crippen LogP contribution is -2.48. The first-order valence-corrected chi connectivity index (χ1v) is 6.72. The lowest BCUT2D eigenvalue weighted by Gasteiger charge is -2.25. The maximum atomic E-state index is 11.9. The van der Waals surface area contributed by atoms with Crippen LogP contribution in [0.15, 0.2) is 17.5 Å². The number of hydrogen-bond donors (Lipinski definition) is 3. The van der Waals surface area contributed by atoms with Crippen molar-refractivity contribution in [3.05, 3.63) is 22.4 Å². The van der Waals surface area contributed by atoms with Crippen molar-refractivity contribution in [3.63, 3.8) is 0 Å². The Morgan fingerprint density at radius 3 is 2.50 bits per heavy atom. The number of carboxylic acids is 2. The van der Waals surface area contributed by atoms with E-state index in [1.807, 2.05) is 17.5 Å². The number of nitrogens with zero attached hydrogens (tertiary/aromatic N) is 1. The van der Waals surface area contributed by atoms with E-state index >= 15 is 0 Å². The standard InChI is InChI=1S/C12H16N2O5S/c1-7(9-4-3-5-20-9)14(2)12(19)13-8(11(17)18)6-10(15)16/h3-5,7-8H,6H2,1-2H3,(H,13,19)(H,15,16)(H,17,18)/t7?,8-/m0/s1. The molecule has 3 N–H and O–H groups in total. The molecule has 1 unspecified atom stereocenters. The van der Waals surface area contributed by atoms with Crippen molar-refractivity contribution in [1.29, 1.82) is 0 Å². The van der Waals surface area contributed by atoms with Crippen LogP contribution in [0, 0.1) is 0 Å². The van der Waals surface area contributed by atoms with Crippen molar-refractivity contribution in [2.75, 3.05) is 7.05 Å². The van der Waals surface area contributed by atoms with Crippen molar-refractivity contribution in [2.45, 2.75) is 25.4 Å². The van der Waals surface area contributed by atoms with E-state index in [0.29, 0.717) is 0 Å². The Bertz CT molecular complexity index is 488. The lowest BCUT2D eigenvalue weighted by atomic mass is 10.2. The quantitative estimate of drug-likeness (QED) is 0.735. The van der Waals surface area contributed by atoms with Crippen LogP contribution >= 0.6 is 11.3 Å². The van der Waals surface area contributed by atoms with Gasteiger partial charge in [-0.1, -0.05) is 6.07 Å². The Hall–Kier alpha value is -2.09. The van der Waals surface area contributed by atoms with E-state index < -0.39 is 30.4 Å². The zero-order chi connectivity index (χ0) is 15.3. The molecule has 0 aliphatic rings. The van der Waals surface area contributed by atoms with Gasteiger partial charge in [0.15, 0.2) is 0 Å². The van der Waals surface area contributed by atoms with Crippen LogP contribution in [0.1, 0.15) is 24.3 Å². The van der Waals surface area contributed by atoms with Crippen molar-refractivity contribution >= 4 is 29.3 Å². The van der Waals surface area contributed by atoms with Gasteiger partial charge in [0.25, 0.3) is 0 Å². The molecule has 1 heterocycles. The first-order valence-electron chi connectivity index (χ1n) is 5.84. The van der Waals surface area contributed by atoms with Crippen LogP contribution in [-0.4, -0.2) is 46.2 Å². The molecule has 1 aromatic rings. The summed E-state index contributed by atoms with van der Waals surface area (Å²) in [5, 5.41) is 21.6. The van der Waals surface area contributed by atoms with E-state index in [1.165, 1.54) is 23.3 Å². The van der Waals surface area contributed by atoms with E-state index in [0.717, 1.165) is 4.88 Å². The number of hydrogen-bond acceptors (Lipinski definition) is 4. The van der Waals surface area contributed by atoms with Gasteiger partial charge >= 0.3 is 18.0 Å². The molecule has 0 saturated carbocycles. The van der Waals surface area contributed by atoms with E-state index in [4.69, 9.17) is 10.2 Å². The predicted octanol–water partition coefficient (Wildman–Crippen LogP) is 1.38. The highest BCUT2D eigenvalue weighted by atomic mass is 32.1. The minimum atomic E-state index is -1.45. The van der Waals surface area contributed by atoms with Gasteiger partial charge in [-0.15, -0.1) is 11.3 Å². The fraction of sp³-hybridized carbons (Fsp3) is 0.417. The fourth-order valence-electron chi connectivity index (χ4n) is 1.52. The Balaban J connectivity index is 2.68. The average Bonchev–Trinajstić information content (AvgIpc) is 2.89. The summed E-state index contributed by atoms with van der Waals surface area (Å²) in [7, 11) is 1.53. The van der Waals surface area contributed by atoms with E-state index in [2.05, 4.69) is 5.32 Å². The minimum absolute atomic E-state index is 0.228. The second-order valence-corrected chi connectivity index (χ2v) is 5.22. The fourth-order valence-corrected chi connectivity index (χ4v) is 2.35. The van der Waals surface area contributed by atoms with Crippen molar-refractivity contribution in [2.24, 2.45) is 0 Å². The number of thiophene rings is 1. The van der Waals surface area contributed by atoms with Gasteiger partial charge in [0.1, 0.15) is 6.04 Å². The molecule has 0 radical (unpaired) electrons. The van der Waals surface area contributed by atoms with Gasteiger partial charge in [0.05, 0.1) is 12.5 Å². The van der Waals surface area contributed by atoms with E-state index in [1.54, 1.807) is 6.92 Å². The monoisotopic (exact) mass is 300 g/mol. The lowest BCUT2D eigenvalue weighted by molar-refractivity contribution is -0.145. The molecule has 0 saturated heterocycles. The number of aliphatic carboxylic acids is 2.